The Morgan fingerprint density at radius 3 is 2.21 bits per heavy atom. The van der Waals surface area contributed by atoms with E-state index in [-0.39, 0.29) is 0 Å². The first-order valence-corrected chi connectivity index (χ1v) is 7.85. The predicted octanol–water partition coefficient (Wildman–Crippen LogP) is 3.49. The van der Waals surface area contributed by atoms with Crippen LogP contribution >= 0.6 is 0 Å². The number of aryl methyl sites for hydroxylation is 1. The molecule has 1 aliphatic rings. The highest BCUT2D eigenvalue weighted by molar-refractivity contribution is 5.98. The first-order chi connectivity index (χ1) is 11.8. The van der Waals surface area contributed by atoms with E-state index in [1.807, 2.05) is 38.2 Å². The Labute approximate surface area is 139 Å². The molecule has 0 unspecified atom stereocenters. The molecule has 6 nitrogen and oxygen atoms in total. The van der Waals surface area contributed by atoms with Gasteiger partial charge in [-0.3, -0.25) is 9.97 Å². The first kappa shape index (κ1) is 14.6. The van der Waals surface area contributed by atoms with Crippen molar-refractivity contribution in [3.63, 3.8) is 0 Å². The van der Waals surface area contributed by atoms with Crippen molar-refractivity contribution in [2.75, 3.05) is 30.9 Å². The maximum atomic E-state index is 5.89. The number of fused-ring (bicyclic) bond motifs is 2. The molecule has 2 heterocycles. The monoisotopic (exact) mass is 322 g/mol. The number of rotatable bonds is 3. The van der Waals surface area contributed by atoms with Crippen LogP contribution in [0, 0.1) is 6.92 Å². The van der Waals surface area contributed by atoms with Gasteiger partial charge in [0.1, 0.15) is 24.4 Å². The van der Waals surface area contributed by atoms with Crippen LogP contribution in [0.4, 0.5) is 17.1 Å². The number of anilines is 3. The van der Waals surface area contributed by atoms with Crippen LogP contribution in [0.15, 0.2) is 36.7 Å². The molecule has 0 amide bonds. The quantitative estimate of drug-likeness (QED) is 0.769. The van der Waals surface area contributed by atoms with E-state index in [9.17, 15) is 0 Å². The molecule has 0 saturated heterocycles. The molecule has 2 N–H and O–H groups in total. The summed E-state index contributed by atoms with van der Waals surface area (Å²) >= 11 is 0. The number of benzene rings is 2. The van der Waals surface area contributed by atoms with Gasteiger partial charge in [-0.25, -0.2) is 0 Å². The Morgan fingerprint density at radius 2 is 1.50 bits per heavy atom. The number of hydrogen-bond donors (Lipinski definition) is 2. The van der Waals surface area contributed by atoms with E-state index in [4.69, 9.17) is 9.47 Å². The second-order valence-electron chi connectivity index (χ2n) is 5.56. The van der Waals surface area contributed by atoms with Gasteiger partial charge in [-0.1, -0.05) is 0 Å². The van der Waals surface area contributed by atoms with Gasteiger partial charge in [-0.2, -0.15) is 0 Å². The number of nitrogens with zero attached hydrogens (tertiary/aromatic N) is 2. The Morgan fingerprint density at radius 1 is 0.875 bits per heavy atom. The summed E-state index contributed by atoms with van der Waals surface area (Å²) in [5, 5.41) is 6.53. The van der Waals surface area contributed by atoms with E-state index >= 15 is 0 Å². The number of nitrogens with one attached hydrogen (secondary N) is 2. The zero-order valence-corrected chi connectivity index (χ0v) is 13.6. The lowest BCUT2D eigenvalue weighted by Gasteiger charge is -2.24. The molecule has 0 fully saturated rings. The Hall–Kier alpha value is -3.02. The van der Waals surface area contributed by atoms with Crippen LogP contribution in [0.3, 0.4) is 0 Å². The van der Waals surface area contributed by atoms with Crippen molar-refractivity contribution in [3.8, 4) is 11.5 Å². The number of aromatic nitrogens is 2. The van der Waals surface area contributed by atoms with E-state index in [0.29, 0.717) is 19.0 Å². The number of ether oxygens (including phenoxy) is 2. The summed E-state index contributed by atoms with van der Waals surface area (Å²) in [7, 11) is 1.90. The molecule has 0 spiro atoms. The minimum absolute atomic E-state index is 0.519. The molecule has 0 aliphatic carbocycles. The summed E-state index contributed by atoms with van der Waals surface area (Å²) in [6.45, 7) is 3.04. The minimum Gasteiger partial charge on any atom is -0.486 e. The molecule has 1 aliphatic heterocycles. The van der Waals surface area contributed by atoms with Crippen molar-refractivity contribution in [2.24, 2.45) is 0 Å². The van der Waals surface area contributed by atoms with Crippen molar-refractivity contribution in [3.05, 3.63) is 42.2 Å². The van der Waals surface area contributed by atoms with E-state index in [1.54, 1.807) is 12.4 Å². The summed E-state index contributed by atoms with van der Waals surface area (Å²) in [4.78, 5) is 8.98. The normalized spacial score (nSPS) is 12.9. The standard InChI is InChI=1S/C18H18N4O2/c1-11-14-15(21-8-7-20-14)16(18-17(11)23-9-10-24-18)22-13-5-3-12(19-2)4-6-13/h3-8,19,22H,9-10H2,1-2H3. The molecule has 2 aromatic carbocycles. The van der Waals surface area contributed by atoms with Crippen LogP contribution in [-0.4, -0.2) is 30.2 Å². The van der Waals surface area contributed by atoms with E-state index in [2.05, 4.69) is 20.6 Å². The molecule has 0 bridgehead atoms. The largest absolute Gasteiger partial charge is 0.486 e. The summed E-state index contributed by atoms with van der Waals surface area (Å²) in [6, 6.07) is 8.02. The molecule has 122 valence electrons. The maximum absolute atomic E-state index is 5.89. The summed E-state index contributed by atoms with van der Waals surface area (Å²) in [5.41, 5.74) is 5.32. The first-order valence-electron chi connectivity index (χ1n) is 7.85. The third kappa shape index (κ3) is 2.36. The SMILES string of the molecule is CNc1ccc(Nc2c3c(c(C)c4nccnc24)OCCO3)cc1. The van der Waals surface area contributed by atoms with Crippen molar-refractivity contribution in [1.82, 2.24) is 9.97 Å². The van der Waals surface area contributed by atoms with Crippen LogP contribution in [0.25, 0.3) is 11.0 Å². The predicted molar refractivity (Wildman–Crippen MR) is 94.5 cm³/mol. The minimum atomic E-state index is 0.519. The zero-order chi connectivity index (χ0) is 16.5. The highest BCUT2D eigenvalue weighted by Crippen LogP contribution is 2.46. The third-order valence-corrected chi connectivity index (χ3v) is 4.08. The fourth-order valence-electron chi connectivity index (χ4n) is 2.87. The van der Waals surface area contributed by atoms with E-state index < -0.39 is 0 Å². The highest BCUT2D eigenvalue weighted by Gasteiger charge is 2.24. The molecule has 0 radical (unpaired) electrons. The molecular weight excluding hydrogens is 304 g/mol. The maximum Gasteiger partial charge on any atom is 0.187 e. The van der Waals surface area contributed by atoms with Gasteiger partial charge in [-0.15, -0.1) is 0 Å². The van der Waals surface area contributed by atoms with E-state index in [0.717, 1.165) is 39.4 Å². The van der Waals surface area contributed by atoms with Gasteiger partial charge in [0.15, 0.2) is 11.5 Å². The molecule has 1 aromatic heterocycles. The molecule has 6 heteroatoms. The van der Waals surface area contributed by atoms with Crippen molar-refractivity contribution in [2.45, 2.75) is 6.92 Å². The van der Waals surface area contributed by atoms with Crippen molar-refractivity contribution in [1.29, 1.82) is 0 Å². The fourth-order valence-corrected chi connectivity index (χ4v) is 2.87. The Kier molecular flexibility index (Phi) is 3.57. The molecule has 3 aromatic rings. The van der Waals surface area contributed by atoms with Gasteiger partial charge >= 0.3 is 0 Å². The lowest BCUT2D eigenvalue weighted by atomic mass is 10.1. The summed E-state index contributed by atoms with van der Waals surface area (Å²) < 4.78 is 11.7. The molecule has 0 saturated carbocycles. The Balaban J connectivity index is 1.87. The second-order valence-corrected chi connectivity index (χ2v) is 5.56. The average Bonchev–Trinajstić information content (AvgIpc) is 2.65. The molecular formula is C18H18N4O2. The fraction of sp³-hybridized carbons (Fsp3) is 0.222. The van der Waals surface area contributed by atoms with Crippen LogP contribution in [0.2, 0.25) is 0 Å². The van der Waals surface area contributed by atoms with Gasteiger partial charge in [0, 0.05) is 36.4 Å². The van der Waals surface area contributed by atoms with Gasteiger partial charge in [0.25, 0.3) is 0 Å². The molecule has 4 rings (SSSR count). The lowest BCUT2D eigenvalue weighted by molar-refractivity contribution is 0.172. The lowest BCUT2D eigenvalue weighted by Crippen LogP contribution is -2.18. The third-order valence-electron chi connectivity index (χ3n) is 4.08. The highest BCUT2D eigenvalue weighted by atomic mass is 16.6. The summed E-state index contributed by atoms with van der Waals surface area (Å²) in [6.07, 6.45) is 3.38. The number of hydrogen-bond acceptors (Lipinski definition) is 6. The zero-order valence-electron chi connectivity index (χ0n) is 13.6. The second kappa shape index (κ2) is 5.88. The smallest absolute Gasteiger partial charge is 0.187 e. The van der Waals surface area contributed by atoms with Gasteiger partial charge in [0.05, 0.1) is 5.52 Å². The van der Waals surface area contributed by atoms with Crippen LogP contribution < -0.4 is 20.1 Å². The summed E-state index contributed by atoms with van der Waals surface area (Å²) in [5.74, 6) is 1.44. The molecule has 0 atom stereocenters. The Bertz CT molecular complexity index is 894. The average molecular weight is 322 g/mol. The van der Waals surface area contributed by atoms with Crippen molar-refractivity contribution >= 4 is 28.1 Å². The van der Waals surface area contributed by atoms with Crippen molar-refractivity contribution < 1.29 is 9.47 Å². The van der Waals surface area contributed by atoms with Gasteiger partial charge in [-0.05, 0) is 31.2 Å². The van der Waals surface area contributed by atoms with E-state index in [1.165, 1.54) is 0 Å². The van der Waals surface area contributed by atoms with Crippen LogP contribution in [0.5, 0.6) is 11.5 Å². The molecule has 24 heavy (non-hydrogen) atoms. The van der Waals surface area contributed by atoms with Crippen LogP contribution in [-0.2, 0) is 0 Å². The van der Waals surface area contributed by atoms with Crippen LogP contribution in [0.1, 0.15) is 5.56 Å². The van der Waals surface area contributed by atoms with Gasteiger partial charge < -0.3 is 20.1 Å². The van der Waals surface area contributed by atoms with Gasteiger partial charge in [0.2, 0.25) is 0 Å². The topological polar surface area (TPSA) is 68.3 Å².